The Morgan fingerprint density at radius 2 is 1.91 bits per heavy atom. The number of hydrazone groups is 1. The van der Waals surface area contributed by atoms with Gasteiger partial charge in [0.2, 0.25) is 0 Å². The number of benzene rings is 2. The molecule has 4 rings (SSSR count). The number of nitrogens with zero attached hydrogens (tertiary/aromatic N) is 3. The highest BCUT2D eigenvalue weighted by Crippen LogP contribution is 2.37. The van der Waals surface area contributed by atoms with Gasteiger partial charge in [-0.25, -0.2) is 9.40 Å². The zero-order valence-electron chi connectivity index (χ0n) is 19.9. The molecule has 0 saturated carbocycles. The third kappa shape index (κ3) is 5.80. The molecule has 0 fully saturated rings. The molecule has 1 unspecified atom stereocenters. The van der Waals surface area contributed by atoms with Gasteiger partial charge >= 0.3 is 0 Å². The van der Waals surface area contributed by atoms with Crippen LogP contribution in [0.3, 0.4) is 0 Å². The summed E-state index contributed by atoms with van der Waals surface area (Å²) in [7, 11) is 5.01. The molecule has 0 aliphatic carbocycles. The predicted octanol–water partition coefficient (Wildman–Crippen LogP) is 4.59. The van der Waals surface area contributed by atoms with Crippen molar-refractivity contribution in [3.05, 3.63) is 76.2 Å². The van der Waals surface area contributed by atoms with Crippen LogP contribution in [0.25, 0.3) is 0 Å². The molecule has 2 aromatic carbocycles. The van der Waals surface area contributed by atoms with Crippen LogP contribution in [0.15, 0.2) is 65.1 Å². The van der Waals surface area contributed by atoms with E-state index >= 15 is 0 Å². The molecule has 3 aromatic rings. The van der Waals surface area contributed by atoms with Crippen LogP contribution >= 0.6 is 11.3 Å². The van der Waals surface area contributed by atoms with E-state index in [2.05, 4.69) is 0 Å². The third-order valence-corrected chi connectivity index (χ3v) is 6.66. The number of amides is 1. The number of rotatable bonds is 10. The fourth-order valence-electron chi connectivity index (χ4n) is 3.91. The van der Waals surface area contributed by atoms with Crippen LogP contribution in [0, 0.1) is 5.82 Å². The smallest absolute Gasteiger partial charge is 0.257 e. The Labute approximate surface area is 208 Å². The molecule has 184 valence electrons. The van der Waals surface area contributed by atoms with Gasteiger partial charge in [-0.05, 0) is 48.3 Å². The Morgan fingerprint density at radius 1 is 1.11 bits per heavy atom. The second-order valence-electron chi connectivity index (χ2n) is 8.11. The fourth-order valence-corrected chi connectivity index (χ4v) is 4.63. The lowest BCUT2D eigenvalue weighted by molar-refractivity contribution is -0.134. The van der Waals surface area contributed by atoms with Gasteiger partial charge in [-0.2, -0.15) is 5.10 Å². The maximum atomic E-state index is 13.8. The molecule has 1 amide bonds. The number of thiophene rings is 1. The minimum absolute atomic E-state index is 0.135. The van der Waals surface area contributed by atoms with Crippen molar-refractivity contribution < 1.29 is 23.4 Å². The summed E-state index contributed by atoms with van der Waals surface area (Å²) in [6.45, 7) is 0.857. The first-order chi connectivity index (χ1) is 17.0. The van der Waals surface area contributed by atoms with Crippen LogP contribution in [0.2, 0.25) is 0 Å². The van der Waals surface area contributed by atoms with E-state index in [0.29, 0.717) is 24.5 Å². The third-order valence-electron chi connectivity index (χ3n) is 5.74. The Bertz CT molecular complexity index is 1190. The lowest BCUT2D eigenvalue weighted by Gasteiger charge is -2.25. The topological polar surface area (TPSA) is 63.6 Å². The minimum atomic E-state index is -0.406. The molecule has 2 heterocycles. The quantitative estimate of drug-likeness (QED) is 0.410. The van der Waals surface area contributed by atoms with E-state index in [9.17, 15) is 9.18 Å². The molecule has 7 nitrogen and oxygen atoms in total. The van der Waals surface area contributed by atoms with Crippen molar-refractivity contribution in [1.29, 1.82) is 0 Å². The summed E-state index contributed by atoms with van der Waals surface area (Å²) in [6, 6.07) is 15.7. The van der Waals surface area contributed by atoms with Crippen molar-refractivity contribution in [2.45, 2.75) is 12.5 Å². The lowest BCUT2D eigenvalue weighted by Crippen LogP contribution is -2.38. The molecular weight excluding hydrogens is 469 g/mol. The number of methoxy groups -OCH3 is 2. The summed E-state index contributed by atoms with van der Waals surface area (Å²) >= 11 is 1.60. The molecule has 1 aromatic heterocycles. The summed E-state index contributed by atoms with van der Waals surface area (Å²) in [6.07, 6.45) is 0.599. The van der Waals surface area contributed by atoms with Crippen LogP contribution in [0.5, 0.6) is 17.2 Å². The number of ether oxygens (including phenoxy) is 3. The van der Waals surface area contributed by atoms with E-state index in [-0.39, 0.29) is 30.9 Å². The van der Waals surface area contributed by atoms with Crippen molar-refractivity contribution in [1.82, 2.24) is 9.91 Å². The summed E-state index contributed by atoms with van der Waals surface area (Å²) < 4.78 is 30.1. The van der Waals surface area contributed by atoms with Crippen LogP contribution < -0.4 is 14.2 Å². The summed E-state index contributed by atoms with van der Waals surface area (Å²) in [5.74, 6) is 0.886. The van der Waals surface area contributed by atoms with Gasteiger partial charge in [0.05, 0.1) is 37.4 Å². The average Bonchev–Trinajstić information content (AvgIpc) is 3.55. The number of carbonyl (C=O) groups excluding carboxylic acids is 1. The van der Waals surface area contributed by atoms with Crippen LogP contribution in [0.4, 0.5) is 4.39 Å². The molecule has 1 atom stereocenters. The lowest BCUT2D eigenvalue weighted by atomic mass is 10.0. The number of halogens is 1. The minimum Gasteiger partial charge on any atom is -0.493 e. The molecule has 0 bridgehead atoms. The average molecular weight is 498 g/mol. The summed E-state index contributed by atoms with van der Waals surface area (Å²) in [4.78, 5) is 16.2. The van der Waals surface area contributed by atoms with Crippen molar-refractivity contribution in [2.75, 3.05) is 41.0 Å². The van der Waals surface area contributed by atoms with Gasteiger partial charge in [-0.1, -0.05) is 24.3 Å². The molecule has 0 spiro atoms. The molecule has 0 N–H and O–H groups in total. The Hall–Kier alpha value is -3.43. The van der Waals surface area contributed by atoms with Gasteiger partial charge < -0.3 is 14.2 Å². The van der Waals surface area contributed by atoms with E-state index in [1.165, 1.54) is 6.07 Å². The van der Waals surface area contributed by atoms with Gasteiger partial charge in [0, 0.05) is 13.0 Å². The molecule has 1 aliphatic heterocycles. The second-order valence-corrected chi connectivity index (χ2v) is 9.06. The van der Waals surface area contributed by atoms with E-state index in [1.807, 2.05) is 47.7 Å². The van der Waals surface area contributed by atoms with Crippen molar-refractivity contribution in [3.63, 3.8) is 0 Å². The van der Waals surface area contributed by atoms with Gasteiger partial charge in [0.15, 0.2) is 23.1 Å². The van der Waals surface area contributed by atoms with E-state index in [4.69, 9.17) is 19.3 Å². The van der Waals surface area contributed by atoms with E-state index in [1.54, 1.807) is 48.8 Å². The van der Waals surface area contributed by atoms with Gasteiger partial charge in [-0.3, -0.25) is 9.69 Å². The van der Waals surface area contributed by atoms with Crippen molar-refractivity contribution in [3.8, 4) is 17.2 Å². The highest BCUT2D eigenvalue weighted by Gasteiger charge is 2.34. The number of carbonyl (C=O) groups is 1. The first-order valence-corrected chi connectivity index (χ1v) is 12.1. The summed E-state index contributed by atoms with van der Waals surface area (Å²) in [5, 5.41) is 8.27. The first kappa shape index (κ1) is 24.7. The highest BCUT2D eigenvalue weighted by atomic mass is 32.1. The maximum Gasteiger partial charge on any atom is 0.257 e. The highest BCUT2D eigenvalue weighted by molar-refractivity contribution is 7.12. The van der Waals surface area contributed by atoms with Crippen molar-refractivity contribution >= 4 is 23.0 Å². The summed E-state index contributed by atoms with van der Waals surface area (Å²) in [5.41, 5.74) is 1.79. The zero-order valence-corrected chi connectivity index (χ0v) is 20.8. The van der Waals surface area contributed by atoms with Gasteiger partial charge in [0.25, 0.3) is 5.91 Å². The van der Waals surface area contributed by atoms with E-state index in [0.717, 1.165) is 16.2 Å². The van der Waals surface area contributed by atoms with E-state index < -0.39 is 5.82 Å². The fraction of sp³-hybridized carbons (Fsp3) is 0.308. The van der Waals surface area contributed by atoms with Crippen LogP contribution in [-0.4, -0.2) is 62.5 Å². The molecular formula is C26H28FN3O4S. The molecule has 9 heteroatoms. The zero-order chi connectivity index (χ0) is 24.8. The molecule has 0 radical (unpaired) electrons. The Kier molecular flexibility index (Phi) is 7.99. The van der Waals surface area contributed by atoms with Crippen molar-refractivity contribution in [2.24, 2.45) is 5.10 Å². The predicted molar refractivity (Wildman–Crippen MR) is 134 cm³/mol. The number of para-hydroxylation sites is 1. The van der Waals surface area contributed by atoms with Crippen LogP contribution in [-0.2, 0) is 4.79 Å². The maximum absolute atomic E-state index is 13.8. The normalized spacial score (nSPS) is 15.3. The number of hydrogen-bond donors (Lipinski definition) is 0. The molecule has 1 aliphatic rings. The SMILES string of the molecule is COc1ccc(C2CC(c3cccs3)=NN2C(=O)CN(C)CCOc2ccccc2F)cc1OC. The Balaban J connectivity index is 1.46. The largest absolute Gasteiger partial charge is 0.493 e. The first-order valence-electron chi connectivity index (χ1n) is 11.2. The standard InChI is InChI=1S/C26H28FN3O4S/c1-29(12-13-34-22-8-5-4-7-19(22)27)17-26(31)30-21(16-20(28-30)25-9-6-14-35-25)18-10-11-23(32-2)24(15-18)33-3/h4-11,14-15,21H,12-13,16-17H2,1-3H3. The van der Waals surface area contributed by atoms with Gasteiger partial charge in [0.1, 0.15) is 6.61 Å². The Morgan fingerprint density at radius 3 is 2.63 bits per heavy atom. The molecule has 0 saturated heterocycles. The molecule has 35 heavy (non-hydrogen) atoms. The van der Waals surface area contributed by atoms with Gasteiger partial charge in [-0.15, -0.1) is 11.3 Å². The van der Waals surface area contributed by atoms with Crippen LogP contribution in [0.1, 0.15) is 22.9 Å². The second kappa shape index (κ2) is 11.3. The number of likely N-dealkylation sites (N-methyl/N-ethyl adjacent to an activating group) is 1. The monoisotopic (exact) mass is 497 g/mol. The number of hydrogen-bond acceptors (Lipinski definition) is 7.